The van der Waals surface area contributed by atoms with Crippen molar-refractivity contribution in [3.8, 4) is 11.5 Å². The molecule has 1 fully saturated rings. The zero-order valence-corrected chi connectivity index (χ0v) is 17.4. The molecule has 30 heavy (non-hydrogen) atoms. The van der Waals surface area contributed by atoms with Crippen molar-refractivity contribution in [2.45, 2.75) is 31.8 Å². The number of para-hydroxylation sites is 1. The first-order chi connectivity index (χ1) is 14.6. The molecule has 2 aromatic rings. The van der Waals surface area contributed by atoms with E-state index in [4.69, 9.17) is 9.47 Å². The second-order valence-corrected chi connectivity index (χ2v) is 7.78. The molecule has 0 atom stereocenters. The van der Waals surface area contributed by atoms with E-state index in [0.29, 0.717) is 23.5 Å². The van der Waals surface area contributed by atoms with Crippen molar-refractivity contribution >= 4 is 17.5 Å². The number of hydrogen-bond donors (Lipinski definition) is 2. The van der Waals surface area contributed by atoms with E-state index in [1.807, 2.05) is 18.2 Å². The lowest BCUT2D eigenvalue weighted by atomic mass is 9.99. The molecule has 2 N–H and O–H groups in total. The SMILES string of the molecule is COc1cc2c(cc1OC)CN(CC(=O)Nc1ccccc1C(=O)NC1CC1)CC2. The summed E-state index contributed by atoms with van der Waals surface area (Å²) < 4.78 is 10.8. The molecule has 0 bridgehead atoms. The van der Waals surface area contributed by atoms with Gasteiger partial charge in [-0.1, -0.05) is 12.1 Å². The number of amides is 2. The van der Waals surface area contributed by atoms with Crippen LogP contribution in [0.3, 0.4) is 0 Å². The third kappa shape index (κ3) is 4.57. The van der Waals surface area contributed by atoms with Crippen molar-refractivity contribution in [2.24, 2.45) is 0 Å². The van der Waals surface area contributed by atoms with Crippen LogP contribution in [0.2, 0.25) is 0 Å². The van der Waals surface area contributed by atoms with Crippen molar-refractivity contribution < 1.29 is 19.1 Å². The van der Waals surface area contributed by atoms with Crippen LogP contribution in [0.5, 0.6) is 11.5 Å². The first kappa shape index (κ1) is 20.2. The highest BCUT2D eigenvalue weighted by molar-refractivity contribution is 6.04. The third-order valence-corrected chi connectivity index (χ3v) is 5.52. The van der Waals surface area contributed by atoms with E-state index in [1.54, 1.807) is 32.4 Å². The van der Waals surface area contributed by atoms with Gasteiger partial charge in [0.2, 0.25) is 5.91 Å². The minimum atomic E-state index is -0.138. The summed E-state index contributed by atoms with van der Waals surface area (Å²) in [4.78, 5) is 27.2. The molecule has 1 heterocycles. The fraction of sp³-hybridized carbons (Fsp3) is 0.391. The second-order valence-electron chi connectivity index (χ2n) is 7.78. The van der Waals surface area contributed by atoms with Gasteiger partial charge < -0.3 is 20.1 Å². The highest BCUT2D eigenvalue weighted by Gasteiger charge is 2.25. The number of methoxy groups -OCH3 is 2. The highest BCUT2D eigenvalue weighted by Crippen LogP contribution is 2.33. The standard InChI is InChI=1S/C23H27N3O4/c1-29-20-11-15-9-10-26(13-16(15)12-21(20)30-2)14-22(27)25-19-6-4-3-5-18(19)23(28)24-17-7-8-17/h3-6,11-12,17H,7-10,13-14H2,1-2H3,(H,24,28)(H,25,27). The number of rotatable bonds is 7. The monoisotopic (exact) mass is 409 g/mol. The van der Waals surface area contributed by atoms with Crippen LogP contribution >= 0.6 is 0 Å². The molecule has 0 unspecified atom stereocenters. The van der Waals surface area contributed by atoms with Gasteiger partial charge in [0.15, 0.2) is 11.5 Å². The normalized spacial score (nSPS) is 15.8. The Balaban J connectivity index is 1.40. The molecule has 7 heteroatoms. The van der Waals surface area contributed by atoms with Crippen LogP contribution in [0.1, 0.15) is 34.3 Å². The maximum Gasteiger partial charge on any atom is 0.253 e. The van der Waals surface area contributed by atoms with Crippen LogP contribution in [0.15, 0.2) is 36.4 Å². The van der Waals surface area contributed by atoms with Crippen LogP contribution in [0.25, 0.3) is 0 Å². The van der Waals surface area contributed by atoms with Gasteiger partial charge >= 0.3 is 0 Å². The summed E-state index contributed by atoms with van der Waals surface area (Å²) in [5.74, 6) is 1.15. The lowest BCUT2D eigenvalue weighted by molar-refractivity contribution is -0.117. The number of hydrogen-bond acceptors (Lipinski definition) is 5. The van der Waals surface area contributed by atoms with Crippen molar-refractivity contribution in [3.05, 3.63) is 53.1 Å². The van der Waals surface area contributed by atoms with Crippen LogP contribution in [0, 0.1) is 0 Å². The number of benzene rings is 2. The first-order valence-electron chi connectivity index (χ1n) is 10.2. The van der Waals surface area contributed by atoms with E-state index in [2.05, 4.69) is 15.5 Å². The number of fused-ring (bicyclic) bond motifs is 1. The predicted molar refractivity (Wildman–Crippen MR) is 114 cm³/mol. The van der Waals surface area contributed by atoms with Gasteiger partial charge in [0.25, 0.3) is 5.91 Å². The molecule has 0 radical (unpaired) electrons. The Morgan fingerprint density at radius 3 is 2.47 bits per heavy atom. The van der Waals surface area contributed by atoms with Gasteiger partial charge in [0.1, 0.15) is 0 Å². The zero-order chi connectivity index (χ0) is 21.1. The quantitative estimate of drug-likeness (QED) is 0.735. The van der Waals surface area contributed by atoms with E-state index in [0.717, 1.165) is 37.1 Å². The molecule has 0 aromatic heterocycles. The molecular weight excluding hydrogens is 382 g/mol. The Kier molecular flexibility index (Phi) is 5.90. The highest BCUT2D eigenvalue weighted by atomic mass is 16.5. The Hall–Kier alpha value is -3.06. The predicted octanol–water partition coefficient (Wildman–Crippen LogP) is 2.59. The zero-order valence-electron chi connectivity index (χ0n) is 17.4. The smallest absolute Gasteiger partial charge is 0.253 e. The molecule has 7 nitrogen and oxygen atoms in total. The fourth-order valence-electron chi connectivity index (χ4n) is 3.75. The molecule has 4 rings (SSSR count). The molecule has 0 saturated heterocycles. The molecule has 1 aliphatic heterocycles. The molecular formula is C23H27N3O4. The minimum absolute atomic E-state index is 0.134. The summed E-state index contributed by atoms with van der Waals surface area (Å²) in [6.45, 7) is 1.69. The van der Waals surface area contributed by atoms with Gasteiger partial charge in [-0.15, -0.1) is 0 Å². The Morgan fingerprint density at radius 1 is 1.07 bits per heavy atom. The summed E-state index contributed by atoms with van der Waals surface area (Å²) in [5.41, 5.74) is 3.39. The van der Waals surface area contributed by atoms with E-state index >= 15 is 0 Å². The van der Waals surface area contributed by atoms with Gasteiger partial charge in [0, 0.05) is 19.1 Å². The molecule has 2 aliphatic rings. The number of nitrogens with zero attached hydrogens (tertiary/aromatic N) is 1. The van der Waals surface area contributed by atoms with Crippen LogP contribution < -0.4 is 20.1 Å². The molecule has 1 saturated carbocycles. The van der Waals surface area contributed by atoms with Crippen molar-refractivity contribution in [1.29, 1.82) is 0 Å². The number of carbonyl (C=O) groups excluding carboxylic acids is 2. The minimum Gasteiger partial charge on any atom is -0.493 e. The van der Waals surface area contributed by atoms with Crippen molar-refractivity contribution in [1.82, 2.24) is 10.2 Å². The van der Waals surface area contributed by atoms with Crippen LogP contribution in [-0.4, -0.2) is 50.1 Å². The van der Waals surface area contributed by atoms with E-state index in [1.165, 1.54) is 5.56 Å². The van der Waals surface area contributed by atoms with Crippen molar-refractivity contribution in [3.63, 3.8) is 0 Å². The maximum absolute atomic E-state index is 12.7. The maximum atomic E-state index is 12.7. The number of carbonyl (C=O) groups is 2. The lowest BCUT2D eigenvalue weighted by Gasteiger charge is -2.29. The third-order valence-electron chi connectivity index (χ3n) is 5.52. The Bertz CT molecular complexity index is 955. The molecule has 2 aromatic carbocycles. The van der Waals surface area contributed by atoms with E-state index < -0.39 is 0 Å². The number of nitrogens with one attached hydrogen (secondary N) is 2. The summed E-state index contributed by atoms with van der Waals surface area (Å²) >= 11 is 0. The molecule has 158 valence electrons. The summed E-state index contributed by atoms with van der Waals surface area (Å²) in [5, 5.41) is 5.88. The van der Waals surface area contributed by atoms with Gasteiger partial charge in [-0.2, -0.15) is 0 Å². The number of anilines is 1. The Labute approximate surface area is 176 Å². The topological polar surface area (TPSA) is 79.9 Å². The van der Waals surface area contributed by atoms with Crippen molar-refractivity contribution in [2.75, 3.05) is 32.6 Å². The van der Waals surface area contributed by atoms with Gasteiger partial charge in [-0.25, -0.2) is 0 Å². The van der Waals surface area contributed by atoms with Gasteiger partial charge in [-0.3, -0.25) is 14.5 Å². The van der Waals surface area contributed by atoms with Gasteiger partial charge in [0.05, 0.1) is 32.0 Å². The largest absolute Gasteiger partial charge is 0.493 e. The fourth-order valence-corrected chi connectivity index (χ4v) is 3.75. The summed E-state index contributed by atoms with van der Waals surface area (Å²) in [6.07, 6.45) is 2.88. The Morgan fingerprint density at radius 2 is 1.77 bits per heavy atom. The summed E-state index contributed by atoms with van der Waals surface area (Å²) in [6, 6.07) is 11.4. The van der Waals surface area contributed by atoms with E-state index in [-0.39, 0.29) is 24.4 Å². The van der Waals surface area contributed by atoms with Crippen LogP contribution in [-0.2, 0) is 17.8 Å². The lowest BCUT2D eigenvalue weighted by Crippen LogP contribution is -2.37. The average molecular weight is 409 g/mol. The average Bonchev–Trinajstić information content (AvgIpc) is 3.56. The van der Waals surface area contributed by atoms with Crippen LogP contribution in [0.4, 0.5) is 5.69 Å². The number of ether oxygens (including phenoxy) is 2. The molecule has 2 amide bonds. The summed E-state index contributed by atoms with van der Waals surface area (Å²) in [7, 11) is 3.25. The van der Waals surface area contributed by atoms with E-state index in [9.17, 15) is 9.59 Å². The second kappa shape index (κ2) is 8.75. The molecule has 1 aliphatic carbocycles. The molecule has 0 spiro atoms. The first-order valence-corrected chi connectivity index (χ1v) is 10.2. The van der Waals surface area contributed by atoms with Gasteiger partial charge in [-0.05, 0) is 54.7 Å².